The van der Waals surface area contributed by atoms with Gasteiger partial charge in [-0.05, 0) is 37.6 Å². The number of hydrogen-bond donors (Lipinski definition) is 1. The summed E-state index contributed by atoms with van der Waals surface area (Å²) in [6, 6.07) is 0.826. The van der Waals surface area contributed by atoms with Crippen LogP contribution < -0.4 is 5.32 Å². The van der Waals surface area contributed by atoms with Crippen LogP contribution in [-0.4, -0.2) is 12.6 Å². The van der Waals surface area contributed by atoms with E-state index in [0.29, 0.717) is 0 Å². The zero-order valence-electron chi connectivity index (χ0n) is 10.2. The van der Waals surface area contributed by atoms with Gasteiger partial charge in [0, 0.05) is 6.04 Å². The van der Waals surface area contributed by atoms with E-state index in [1.54, 1.807) is 0 Å². The van der Waals surface area contributed by atoms with Crippen molar-refractivity contribution in [2.75, 3.05) is 6.54 Å². The Balaban J connectivity index is 2.19. The lowest BCUT2D eigenvalue weighted by molar-refractivity contribution is 0.253. The molecule has 0 heterocycles. The highest BCUT2D eigenvalue weighted by atomic mass is 14.9. The van der Waals surface area contributed by atoms with E-state index < -0.39 is 0 Å². The van der Waals surface area contributed by atoms with Gasteiger partial charge in [-0.1, -0.05) is 40.0 Å². The fourth-order valence-electron chi connectivity index (χ4n) is 2.52. The fourth-order valence-corrected chi connectivity index (χ4v) is 2.52. The van der Waals surface area contributed by atoms with Crippen LogP contribution in [0.3, 0.4) is 0 Å². The molecule has 1 aliphatic rings. The summed E-state index contributed by atoms with van der Waals surface area (Å²) in [6.07, 6.45) is 8.45. The summed E-state index contributed by atoms with van der Waals surface area (Å²) in [5.41, 5.74) is 0. The minimum absolute atomic E-state index is 0.826. The summed E-state index contributed by atoms with van der Waals surface area (Å²) in [5.74, 6) is 1.79. The highest BCUT2D eigenvalue weighted by molar-refractivity contribution is 4.79. The molecule has 1 fully saturated rings. The van der Waals surface area contributed by atoms with Gasteiger partial charge in [0.2, 0.25) is 0 Å². The van der Waals surface area contributed by atoms with Crippen LogP contribution in [-0.2, 0) is 0 Å². The van der Waals surface area contributed by atoms with Crippen molar-refractivity contribution >= 4 is 0 Å². The molecule has 14 heavy (non-hydrogen) atoms. The van der Waals surface area contributed by atoms with Crippen LogP contribution in [0.15, 0.2) is 0 Å². The largest absolute Gasteiger partial charge is 0.314 e. The normalized spacial score (nSPS) is 28.3. The van der Waals surface area contributed by atoms with Crippen LogP contribution in [0.1, 0.15) is 59.3 Å². The molecular weight excluding hydrogens is 170 g/mol. The monoisotopic (exact) mass is 197 g/mol. The zero-order chi connectivity index (χ0) is 10.4. The van der Waals surface area contributed by atoms with Crippen molar-refractivity contribution in [2.24, 2.45) is 11.8 Å². The van der Waals surface area contributed by atoms with Crippen LogP contribution in [0, 0.1) is 11.8 Å². The van der Waals surface area contributed by atoms with E-state index in [4.69, 9.17) is 0 Å². The van der Waals surface area contributed by atoms with Gasteiger partial charge in [0.05, 0.1) is 0 Å². The summed E-state index contributed by atoms with van der Waals surface area (Å²) in [7, 11) is 0. The maximum Gasteiger partial charge on any atom is 0.00952 e. The first-order valence-corrected chi connectivity index (χ1v) is 6.47. The number of nitrogens with one attached hydrogen (secondary N) is 1. The molecule has 1 rings (SSSR count). The van der Waals surface area contributed by atoms with Gasteiger partial charge in [-0.25, -0.2) is 0 Å². The molecule has 2 atom stereocenters. The maximum absolute atomic E-state index is 3.75. The predicted octanol–water partition coefficient (Wildman–Crippen LogP) is 3.59. The second kappa shape index (κ2) is 6.44. The van der Waals surface area contributed by atoms with E-state index in [-0.39, 0.29) is 0 Å². The molecule has 1 saturated carbocycles. The molecule has 1 heteroatoms. The zero-order valence-corrected chi connectivity index (χ0v) is 10.2. The van der Waals surface area contributed by atoms with Gasteiger partial charge in [-0.15, -0.1) is 0 Å². The van der Waals surface area contributed by atoms with E-state index in [9.17, 15) is 0 Å². The molecule has 0 saturated heterocycles. The van der Waals surface area contributed by atoms with Crippen molar-refractivity contribution in [1.29, 1.82) is 0 Å². The Morgan fingerprint density at radius 1 is 1.21 bits per heavy atom. The summed E-state index contributed by atoms with van der Waals surface area (Å²) in [5, 5.41) is 3.75. The van der Waals surface area contributed by atoms with E-state index in [0.717, 1.165) is 17.9 Å². The summed E-state index contributed by atoms with van der Waals surface area (Å²) in [4.78, 5) is 0. The third-order valence-electron chi connectivity index (χ3n) is 3.56. The SMILES string of the molecule is CCC1CCCCC1NCCC(C)C. The predicted molar refractivity (Wildman–Crippen MR) is 63.5 cm³/mol. The minimum atomic E-state index is 0.826. The molecule has 0 aromatic carbocycles. The van der Waals surface area contributed by atoms with Crippen molar-refractivity contribution < 1.29 is 0 Å². The number of hydrogen-bond acceptors (Lipinski definition) is 1. The van der Waals surface area contributed by atoms with Gasteiger partial charge in [-0.2, -0.15) is 0 Å². The van der Waals surface area contributed by atoms with Gasteiger partial charge in [0.15, 0.2) is 0 Å². The Hall–Kier alpha value is -0.0400. The van der Waals surface area contributed by atoms with Gasteiger partial charge >= 0.3 is 0 Å². The smallest absolute Gasteiger partial charge is 0.00952 e. The molecule has 0 aliphatic heterocycles. The molecule has 2 unspecified atom stereocenters. The Labute approximate surface area is 89.7 Å². The molecule has 0 radical (unpaired) electrons. The Morgan fingerprint density at radius 3 is 2.57 bits per heavy atom. The molecule has 84 valence electrons. The molecule has 0 aromatic rings. The maximum atomic E-state index is 3.75. The van der Waals surface area contributed by atoms with Crippen LogP contribution >= 0.6 is 0 Å². The van der Waals surface area contributed by atoms with Crippen LogP contribution in [0.2, 0.25) is 0 Å². The summed E-state index contributed by atoms with van der Waals surface area (Å²) >= 11 is 0. The second-order valence-electron chi connectivity index (χ2n) is 5.20. The molecule has 0 amide bonds. The van der Waals surface area contributed by atoms with Crippen molar-refractivity contribution in [3.05, 3.63) is 0 Å². The van der Waals surface area contributed by atoms with Crippen LogP contribution in [0.25, 0.3) is 0 Å². The van der Waals surface area contributed by atoms with Gasteiger partial charge in [0.25, 0.3) is 0 Å². The van der Waals surface area contributed by atoms with Crippen molar-refractivity contribution in [3.8, 4) is 0 Å². The molecule has 1 aliphatic carbocycles. The van der Waals surface area contributed by atoms with E-state index in [1.807, 2.05) is 0 Å². The topological polar surface area (TPSA) is 12.0 Å². The fraction of sp³-hybridized carbons (Fsp3) is 1.00. The Morgan fingerprint density at radius 2 is 1.93 bits per heavy atom. The van der Waals surface area contributed by atoms with Gasteiger partial charge in [-0.3, -0.25) is 0 Å². The van der Waals surface area contributed by atoms with E-state index >= 15 is 0 Å². The lowest BCUT2D eigenvalue weighted by atomic mass is 9.83. The van der Waals surface area contributed by atoms with Gasteiger partial charge < -0.3 is 5.32 Å². The third kappa shape index (κ3) is 4.00. The molecule has 0 bridgehead atoms. The molecular formula is C13H27N. The summed E-state index contributed by atoms with van der Waals surface area (Å²) < 4.78 is 0. The molecule has 1 nitrogen and oxygen atoms in total. The van der Waals surface area contributed by atoms with Gasteiger partial charge in [0.1, 0.15) is 0 Å². The third-order valence-corrected chi connectivity index (χ3v) is 3.56. The minimum Gasteiger partial charge on any atom is -0.314 e. The average molecular weight is 197 g/mol. The standard InChI is InChI=1S/C13H27N/c1-4-12-7-5-6-8-13(12)14-10-9-11(2)3/h11-14H,4-10H2,1-3H3. The highest BCUT2D eigenvalue weighted by Gasteiger charge is 2.22. The molecule has 0 aromatic heterocycles. The van der Waals surface area contributed by atoms with Crippen LogP contribution in [0.4, 0.5) is 0 Å². The Bertz CT molecular complexity index is 142. The van der Waals surface area contributed by atoms with E-state index in [2.05, 4.69) is 26.1 Å². The van der Waals surface area contributed by atoms with Crippen molar-refractivity contribution in [3.63, 3.8) is 0 Å². The highest BCUT2D eigenvalue weighted by Crippen LogP contribution is 2.26. The first-order chi connectivity index (χ1) is 6.74. The average Bonchev–Trinajstić information content (AvgIpc) is 2.18. The van der Waals surface area contributed by atoms with E-state index in [1.165, 1.54) is 45.1 Å². The lowest BCUT2D eigenvalue weighted by Crippen LogP contribution is -2.39. The Kier molecular flexibility index (Phi) is 5.54. The van der Waals surface area contributed by atoms with Crippen LogP contribution in [0.5, 0.6) is 0 Å². The molecule has 1 N–H and O–H groups in total. The molecule has 0 spiro atoms. The second-order valence-corrected chi connectivity index (χ2v) is 5.20. The van der Waals surface area contributed by atoms with Crippen molar-refractivity contribution in [1.82, 2.24) is 5.32 Å². The first kappa shape index (κ1) is 12.0. The lowest BCUT2D eigenvalue weighted by Gasteiger charge is -2.31. The quantitative estimate of drug-likeness (QED) is 0.710. The number of rotatable bonds is 5. The summed E-state index contributed by atoms with van der Waals surface area (Å²) in [6.45, 7) is 8.17. The first-order valence-electron chi connectivity index (χ1n) is 6.47. The van der Waals surface area contributed by atoms with Crippen molar-refractivity contribution in [2.45, 2.75) is 65.3 Å².